The number of carbonyl (C=O) groups excluding carboxylic acids is 1. The van der Waals surface area contributed by atoms with E-state index in [2.05, 4.69) is 15.4 Å². The first-order valence-corrected chi connectivity index (χ1v) is 12.7. The minimum Gasteiger partial charge on any atom is -0.392 e. The standard InChI is InChI=1S/C27H26ClF3N6O3/c1-35-25(5-6-33-35)34-24-9-21(22(28)10-32-24)18-8-23-26(39)37(20(15-40-2)13-36(23)11-18)12-17-7-19(27(29,30)31)4-3-16(17)14-38/h3-11,20,38H,12-15H2,1-2H3,(H,32,34). The molecule has 0 radical (unpaired) electrons. The number of rotatable bonds is 8. The van der Waals surface area contributed by atoms with Crippen LogP contribution < -0.4 is 5.32 Å². The molecule has 1 unspecified atom stereocenters. The van der Waals surface area contributed by atoms with Crippen LogP contribution in [0.4, 0.5) is 24.8 Å². The number of hydrogen-bond acceptors (Lipinski definition) is 6. The number of carbonyl (C=O) groups is 1. The van der Waals surface area contributed by atoms with Gasteiger partial charge in [-0.25, -0.2) is 4.98 Å². The third-order valence-electron chi connectivity index (χ3n) is 6.87. The maximum atomic E-state index is 13.7. The summed E-state index contributed by atoms with van der Waals surface area (Å²) in [5.41, 5.74) is 1.36. The second-order valence-corrected chi connectivity index (χ2v) is 9.87. The molecule has 3 aromatic heterocycles. The first-order chi connectivity index (χ1) is 19.1. The van der Waals surface area contributed by atoms with Crippen molar-refractivity contribution in [2.24, 2.45) is 7.05 Å². The number of aliphatic hydroxyl groups excluding tert-OH is 1. The molecule has 0 aliphatic carbocycles. The summed E-state index contributed by atoms with van der Waals surface area (Å²) in [7, 11) is 3.29. The number of ether oxygens (including phenoxy) is 1. The number of amides is 1. The lowest BCUT2D eigenvalue weighted by Gasteiger charge is -2.36. The number of aromatic nitrogens is 4. The van der Waals surface area contributed by atoms with Gasteiger partial charge in [0.05, 0.1) is 36.0 Å². The zero-order chi connectivity index (χ0) is 28.6. The van der Waals surface area contributed by atoms with Gasteiger partial charge in [0.2, 0.25) is 0 Å². The average Bonchev–Trinajstić information content (AvgIpc) is 3.53. The van der Waals surface area contributed by atoms with Crippen LogP contribution in [-0.2, 0) is 37.7 Å². The van der Waals surface area contributed by atoms with E-state index in [0.29, 0.717) is 39.8 Å². The van der Waals surface area contributed by atoms with Crippen molar-refractivity contribution in [2.45, 2.75) is 31.9 Å². The normalized spacial score (nSPS) is 15.4. The predicted molar refractivity (Wildman–Crippen MR) is 142 cm³/mol. The number of hydrogen-bond donors (Lipinski definition) is 2. The highest BCUT2D eigenvalue weighted by molar-refractivity contribution is 6.33. The van der Waals surface area contributed by atoms with E-state index in [1.807, 2.05) is 6.20 Å². The van der Waals surface area contributed by atoms with Crippen molar-refractivity contribution in [2.75, 3.05) is 19.0 Å². The third kappa shape index (κ3) is 5.42. The fourth-order valence-corrected chi connectivity index (χ4v) is 5.02. The second-order valence-electron chi connectivity index (χ2n) is 9.46. The third-order valence-corrected chi connectivity index (χ3v) is 7.17. The lowest BCUT2D eigenvalue weighted by Crippen LogP contribution is -2.49. The molecular formula is C27H26ClF3N6O3. The number of nitrogens with one attached hydrogen (secondary N) is 1. The van der Waals surface area contributed by atoms with Crippen molar-refractivity contribution < 1.29 is 27.8 Å². The molecular weight excluding hydrogens is 549 g/mol. The fraction of sp³-hybridized carbons (Fsp3) is 0.296. The van der Waals surface area contributed by atoms with Crippen LogP contribution in [0.25, 0.3) is 11.1 Å². The Morgan fingerprint density at radius 1 is 1.20 bits per heavy atom. The molecule has 4 aromatic rings. The SMILES string of the molecule is COCC1Cn2cc(-c3cc(Nc4ccnn4C)ncc3Cl)cc2C(=O)N1Cc1cc(C(F)(F)F)ccc1CO. The molecule has 1 amide bonds. The van der Waals surface area contributed by atoms with E-state index in [1.165, 1.54) is 24.3 Å². The van der Waals surface area contributed by atoms with Gasteiger partial charge in [-0.15, -0.1) is 0 Å². The Hall–Kier alpha value is -3.87. The van der Waals surface area contributed by atoms with Crippen LogP contribution in [0.15, 0.2) is 55.0 Å². The summed E-state index contributed by atoms with van der Waals surface area (Å²) in [6.45, 7) is -0.0608. The molecule has 1 aliphatic heterocycles. The Morgan fingerprint density at radius 2 is 2.00 bits per heavy atom. The summed E-state index contributed by atoms with van der Waals surface area (Å²) in [4.78, 5) is 19.5. The number of nitrogens with zero attached hydrogens (tertiary/aromatic N) is 5. The molecule has 1 aromatic carbocycles. The van der Waals surface area contributed by atoms with Gasteiger partial charge in [0.25, 0.3) is 5.91 Å². The van der Waals surface area contributed by atoms with E-state index in [1.54, 1.807) is 40.7 Å². The largest absolute Gasteiger partial charge is 0.416 e. The van der Waals surface area contributed by atoms with Crippen molar-refractivity contribution in [1.82, 2.24) is 24.2 Å². The lowest BCUT2D eigenvalue weighted by molar-refractivity contribution is -0.137. The number of fused-ring (bicyclic) bond motifs is 1. The van der Waals surface area contributed by atoms with Crippen molar-refractivity contribution >= 4 is 29.1 Å². The molecule has 0 fully saturated rings. The molecule has 0 saturated carbocycles. The minimum atomic E-state index is -4.56. The van der Waals surface area contributed by atoms with Crippen LogP contribution in [0.5, 0.6) is 0 Å². The second kappa shape index (κ2) is 11.0. The quantitative estimate of drug-likeness (QED) is 0.312. The van der Waals surface area contributed by atoms with Gasteiger partial charge in [0.15, 0.2) is 0 Å². The number of anilines is 2. The molecule has 0 saturated heterocycles. The summed E-state index contributed by atoms with van der Waals surface area (Å²) in [5, 5.41) is 17.5. The van der Waals surface area contributed by atoms with E-state index in [-0.39, 0.29) is 24.6 Å². The van der Waals surface area contributed by atoms with E-state index in [4.69, 9.17) is 16.3 Å². The van der Waals surface area contributed by atoms with Gasteiger partial charge in [-0.1, -0.05) is 17.7 Å². The number of halogens is 4. The maximum absolute atomic E-state index is 13.7. The molecule has 1 atom stereocenters. The summed E-state index contributed by atoms with van der Waals surface area (Å²) >= 11 is 6.50. The Morgan fingerprint density at radius 3 is 2.67 bits per heavy atom. The van der Waals surface area contributed by atoms with E-state index in [9.17, 15) is 23.1 Å². The van der Waals surface area contributed by atoms with Crippen molar-refractivity contribution in [3.05, 3.63) is 82.4 Å². The summed E-state index contributed by atoms with van der Waals surface area (Å²) in [5.74, 6) is 0.875. The molecule has 210 valence electrons. The topological polar surface area (TPSA) is 97.4 Å². The molecule has 9 nitrogen and oxygen atoms in total. The molecule has 0 bridgehead atoms. The Bertz CT molecular complexity index is 1550. The number of pyridine rings is 1. The summed E-state index contributed by atoms with van der Waals surface area (Å²) < 4.78 is 49.0. The number of alkyl halides is 3. The fourth-order valence-electron chi connectivity index (χ4n) is 4.81. The monoisotopic (exact) mass is 574 g/mol. The van der Waals surface area contributed by atoms with Crippen molar-refractivity contribution in [3.63, 3.8) is 0 Å². The number of aryl methyl sites for hydroxylation is 1. The van der Waals surface area contributed by atoms with Gasteiger partial charge in [0.1, 0.15) is 17.3 Å². The minimum absolute atomic E-state index is 0.123. The smallest absolute Gasteiger partial charge is 0.392 e. The zero-order valence-electron chi connectivity index (χ0n) is 21.6. The molecule has 4 heterocycles. The van der Waals surface area contributed by atoms with Gasteiger partial charge >= 0.3 is 6.18 Å². The van der Waals surface area contributed by atoms with E-state index in [0.717, 1.165) is 18.0 Å². The van der Waals surface area contributed by atoms with Crippen molar-refractivity contribution in [1.29, 1.82) is 0 Å². The molecule has 1 aliphatic rings. The van der Waals surface area contributed by atoms with Gasteiger partial charge in [-0.3, -0.25) is 9.48 Å². The van der Waals surface area contributed by atoms with Gasteiger partial charge < -0.3 is 24.6 Å². The van der Waals surface area contributed by atoms with Crippen LogP contribution in [0.2, 0.25) is 5.02 Å². The highest BCUT2D eigenvalue weighted by Crippen LogP contribution is 2.35. The van der Waals surface area contributed by atoms with Crippen LogP contribution >= 0.6 is 11.6 Å². The maximum Gasteiger partial charge on any atom is 0.416 e. The van der Waals surface area contributed by atoms with E-state index < -0.39 is 24.4 Å². The summed E-state index contributed by atoms with van der Waals surface area (Å²) in [6.07, 6.45) is 0.417. The zero-order valence-corrected chi connectivity index (χ0v) is 22.4. The molecule has 40 heavy (non-hydrogen) atoms. The van der Waals surface area contributed by atoms with Crippen LogP contribution in [0.3, 0.4) is 0 Å². The van der Waals surface area contributed by atoms with Gasteiger partial charge in [-0.2, -0.15) is 18.3 Å². The molecule has 13 heteroatoms. The Balaban J connectivity index is 1.48. The number of aliphatic hydroxyl groups is 1. The first kappa shape index (κ1) is 27.7. The number of benzene rings is 1. The Kier molecular flexibility index (Phi) is 7.58. The van der Waals surface area contributed by atoms with Crippen LogP contribution in [0.1, 0.15) is 27.2 Å². The number of methoxy groups -OCH3 is 1. The van der Waals surface area contributed by atoms with Crippen LogP contribution in [-0.4, -0.2) is 55.0 Å². The first-order valence-electron chi connectivity index (χ1n) is 12.3. The van der Waals surface area contributed by atoms with E-state index >= 15 is 0 Å². The Labute approximate surface area is 232 Å². The molecule has 5 rings (SSSR count). The van der Waals surface area contributed by atoms with Crippen molar-refractivity contribution in [3.8, 4) is 11.1 Å². The average molecular weight is 575 g/mol. The highest BCUT2D eigenvalue weighted by Gasteiger charge is 2.35. The van der Waals surface area contributed by atoms with Gasteiger partial charge in [0, 0.05) is 56.8 Å². The molecule has 2 N–H and O–H groups in total. The van der Waals surface area contributed by atoms with Crippen LogP contribution in [0, 0.1) is 0 Å². The predicted octanol–water partition coefficient (Wildman–Crippen LogP) is 4.86. The highest BCUT2D eigenvalue weighted by atomic mass is 35.5. The lowest BCUT2D eigenvalue weighted by atomic mass is 10.0. The van der Waals surface area contributed by atoms with Gasteiger partial charge in [-0.05, 0) is 35.4 Å². The molecule has 0 spiro atoms. The summed E-state index contributed by atoms with van der Waals surface area (Å²) in [6, 6.07) is 7.95.